The summed E-state index contributed by atoms with van der Waals surface area (Å²) in [6.45, 7) is 6.25. The number of hydrogen-bond donors (Lipinski definition) is 2. The SMILES string of the molecule is CC(C)Nc1cc(C(=O)Nc2ccc(N3CCCC3)cc2)ncn1. The van der Waals surface area contributed by atoms with E-state index in [4.69, 9.17) is 0 Å². The Hall–Kier alpha value is -2.63. The third kappa shape index (κ3) is 4.01. The van der Waals surface area contributed by atoms with Gasteiger partial charge in [0, 0.05) is 36.6 Å². The molecular formula is C18H23N5O. The van der Waals surface area contributed by atoms with Crippen molar-refractivity contribution >= 4 is 23.1 Å². The molecule has 1 aromatic carbocycles. The molecule has 1 amide bonds. The Kier molecular flexibility index (Phi) is 4.93. The molecule has 0 atom stereocenters. The van der Waals surface area contributed by atoms with E-state index in [1.807, 2.05) is 38.1 Å². The minimum atomic E-state index is -0.238. The molecule has 1 saturated heterocycles. The fourth-order valence-corrected chi connectivity index (χ4v) is 2.78. The van der Waals surface area contributed by atoms with Gasteiger partial charge in [0.25, 0.3) is 5.91 Å². The second-order valence-electron chi connectivity index (χ2n) is 6.28. The molecule has 0 radical (unpaired) electrons. The van der Waals surface area contributed by atoms with Gasteiger partial charge in [-0.05, 0) is 51.0 Å². The molecule has 2 aromatic rings. The molecule has 6 nitrogen and oxygen atoms in total. The van der Waals surface area contributed by atoms with Gasteiger partial charge in [-0.2, -0.15) is 0 Å². The number of rotatable bonds is 5. The summed E-state index contributed by atoms with van der Waals surface area (Å²) >= 11 is 0. The van der Waals surface area contributed by atoms with E-state index in [-0.39, 0.29) is 11.9 Å². The van der Waals surface area contributed by atoms with Crippen molar-refractivity contribution in [3.63, 3.8) is 0 Å². The molecule has 0 aliphatic carbocycles. The molecule has 2 heterocycles. The van der Waals surface area contributed by atoms with Crippen LogP contribution in [0.5, 0.6) is 0 Å². The summed E-state index contributed by atoms with van der Waals surface area (Å²) in [6, 6.07) is 9.86. The zero-order valence-corrected chi connectivity index (χ0v) is 14.1. The average Bonchev–Trinajstić information content (AvgIpc) is 3.09. The van der Waals surface area contributed by atoms with Crippen molar-refractivity contribution in [1.29, 1.82) is 0 Å². The molecular weight excluding hydrogens is 302 g/mol. The van der Waals surface area contributed by atoms with Crippen LogP contribution >= 0.6 is 0 Å². The van der Waals surface area contributed by atoms with Gasteiger partial charge < -0.3 is 15.5 Å². The molecule has 1 aliphatic heterocycles. The first-order chi connectivity index (χ1) is 11.6. The third-order valence-corrected chi connectivity index (χ3v) is 3.93. The van der Waals surface area contributed by atoms with Gasteiger partial charge in [-0.15, -0.1) is 0 Å². The number of aromatic nitrogens is 2. The van der Waals surface area contributed by atoms with E-state index in [0.29, 0.717) is 11.5 Å². The van der Waals surface area contributed by atoms with Gasteiger partial charge in [-0.25, -0.2) is 9.97 Å². The fourth-order valence-electron chi connectivity index (χ4n) is 2.78. The van der Waals surface area contributed by atoms with Crippen LogP contribution in [0.3, 0.4) is 0 Å². The second kappa shape index (κ2) is 7.29. The Balaban J connectivity index is 1.66. The van der Waals surface area contributed by atoms with Crippen LogP contribution in [0, 0.1) is 0 Å². The van der Waals surface area contributed by atoms with E-state index in [1.165, 1.54) is 24.9 Å². The molecule has 1 fully saturated rings. The second-order valence-corrected chi connectivity index (χ2v) is 6.28. The quantitative estimate of drug-likeness (QED) is 0.884. The third-order valence-electron chi connectivity index (χ3n) is 3.93. The summed E-state index contributed by atoms with van der Waals surface area (Å²) in [6.07, 6.45) is 3.90. The highest BCUT2D eigenvalue weighted by Crippen LogP contribution is 2.22. The molecule has 0 unspecified atom stereocenters. The molecule has 3 rings (SSSR count). The van der Waals surface area contributed by atoms with Crippen LogP contribution < -0.4 is 15.5 Å². The van der Waals surface area contributed by atoms with Crippen molar-refractivity contribution in [2.24, 2.45) is 0 Å². The van der Waals surface area contributed by atoms with Crippen molar-refractivity contribution in [3.05, 3.63) is 42.4 Å². The topological polar surface area (TPSA) is 70.2 Å². The molecule has 2 N–H and O–H groups in total. The van der Waals surface area contributed by atoms with Crippen LogP contribution in [0.1, 0.15) is 37.2 Å². The fraction of sp³-hybridized carbons (Fsp3) is 0.389. The van der Waals surface area contributed by atoms with E-state index in [9.17, 15) is 4.79 Å². The predicted octanol–water partition coefficient (Wildman–Crippen LogP) is 3.15. The lowest BCUT2D eigenvalue weighted by Gasteiger charge is -2.17. The number of carbonyl (C=O) groups is 1. The zero-order chi connectivity index (χ0) is 16.9. The lowest BCUT2D eigenvalue weighted by molar-refractivity contribution is 0.102. The number of nitrogens with one attached hydrogen (secondary N) is 2. The first kappa shape index (κ1) is 16.2. The highest BCUT2D eigenvalue weighted by molar-refractivity contribution is 6.03. The Morgan fingerprint density at radius 3 is 2.50 bits per heavy atom. The van der Waals surface area contributed by atoms with Crippen LogP contribution in [-0.4, -0.2) is 35.0 Å². The first-order valence-electron chi connectivity index (χ1n) is 8.37. The largest absolute Gasteiger partial charge is 0.372 e. The number of amides is 1. The predicted molar refractivity (Wildman–Crippen MR) is 96.6 cm³/mol. The lowest BCUT2D eigenvalue weighted by atomic mass is 10.2. The van der Waals surface area contributed by atoms with Crippen molar-refractivity contribution in [3.8, 4) is 0 Å². The normalized spacial score (nSPS) is 14.0. The molecule has 1 aromatic heterocycles. The minimum absolute atomic E-state index is 0.238. The summed E-state index contributed by atoms with van der Waals surface area (Å²) in [5, 5.41) is 6.05. The van der Waals surface area contributed by atoms with Gasteiger partial charge in [0.2, 0.25) is 0 Å². The van der Waals surface area contributed by atoms with Crippen molar-refractivity contribution < 1.29 is 4.79 Å². The van der Waals surface area contributed by atoms with Crippen LogP contribution in [0.15, 0.2) is 36.7 Å². The summed E-state index contributed by atoms with van der Waals surface area (Å²) in [5.41, 5.74) is 2.31. The molecule has 0 saturated carbocycles. The van der Waals surface area contributed by atoms with Gasteiger partial charge in [-0.1, -0.05) is 0 Å². The van der Waals surface area contributed by atoms with Crippen molar-refractivity contribution in [1.82, 2.24) is 9.97 Å². The maximum Gasteiger partial charge on any atom is 0.274 e. The molecule has 0 bridgehead atoms. The van der Waals surface area contributed by atoms with Gasteiger partial charge in [0.05, 0.1) is 0 Å². The van der Waals surface area contributed by atoms with E-state index >= 15 is 0 Å². The number of hydrogen-bond acceptors (Lipinski definition) is 5. The molecule has 126 valence electrons. The number of benzene rings is 1. The smallest absolute Gasteiger partial charge is 0.274 e. The van der Waals surface area contributed by atoms with Gasteiger partial charge in [0.1, 0.15) is 17.8 Å². The van der Waals surface area contributed by atoms with E-state index in [0.717, 1.165) is 18.8 Å². The Labute approximate surface area is 142 Å². The van der Waals surface area contributed by atoms with Crippen molar-refractivity contribution in [2.45, 2.75) is 32.7 Å². The summed E-state index contributed by atoms with van der Waals surface area (Å²) in [4.78, 5) is 22.9. The summed E-state index contributed by atoms with van der Waals surface area (Å²) in [7, 11) is 0. The van der Waals surface area contributed by atoms with Crippen molar-refractivity contribution in [2.75, 3.05) is 28.6 Å². The summed E-state index contributed by atoms with van der Waals surface area (Å²) in [5.74, 6) is 0.410. The Morgan fingerprint density at radius 1 is 1.12 bits per heavy atom. The number of nitrogens with zero attached hydrogens (tertiary/aromatic N) is 3. The van der Waals surface area contributed by atoms with Gasteiger partial charge in [-0.3, -0.25) is 4.79 Å². The molecule has 24 heavy (non-hydrogen) atoms. The lowest BCUT2D eigenvalue weighted by Crippen LogP contribution is -2.18. The van der Waals surface area contributed by atoms with Crippen LogP contribution in [0.4, 0.5) is 17.2 Å². The van der Waals surface area contributed by atoms with Crippen LogP contribution in [0.25, 0.3) is 0 Å². The highest BCUT2D eigenvalue weighted by Gasteiger charge is 2.13. The Bertz CT molecular complexity index is 693. The number of anilines is 3. The van der Waals surface area contributed by atoms with Crippen LogP contribution in [-0.2, 0) is 0 Å². The van der Waals surface area contributed by atoms with E-state index in [1.54, 1.807) is 6.07 Å². The highest BCUT2D eigenvalue weighted by atomic mass is 16.1. The Morgan fingerprint density at radius 2 is 1.83 bits per heavy atom. The average molecular weight is 325 g/mol. The zero-order valence-electron chi connectivity index (χ0n) is 14.1. The van der Waals surface area contributed by atoms with E-state index in [2.05, 4.69) is 25.5 Å². The maximum absolute atomic E-state index is 12.4. The standard InChI is InChI=1S/C18H23N5O/c1-13(2)21-17-11-16(19-12-20-17)18(24)22-14-5-7-15(8-6-14)23-9-3-4-10-23/h5-8,11-13H,3-4,9-10H2,1-2H3,(H,22,24)(H,19,20,21). The minimum Gasteiger partial charge on any atom is -0.372 e. The van der Waals surface area contributed by atoms with E-state index < -0.39 is 0 Å². The summed E-state index contributed by atoms with van der Waals surface area (Å²) < 4.78 is 0. The number of carbonyl (C=O) groups excluding carboxylic acids is 1. The van der Waals surface area contributed by atoms with Gasteiger partial charge in [0.15, 0.2) is 0 Å². The van der Waals surface area contributed by atoms with Gasteiger partial charge >= 0.3 is 0 Å². The monoisotopic (exact) mass is 325 g/mol. The maximum atomic E-state index is 12.4. The first-order valence-corrected chi connectivity index (χ1v) is 8.37. The molecule has 1 aliphatic rings. The molecule has 0 spiro atoms. The van der Waals surface area contributed by atoms with Crippen LogP contribution in [0.2, 0.25) is 0 Å². The molecule has 6 heteroatoms.